The first-order chi connectivity index (χ1) is 16.7. The number of aromatic nitrogens is 3. The van der Waals surface area contributed by atoms with Crippen molar-refractivity contribution in [2.24, 2.45) is 7.05 Å². The van der Waals surface area contributed by atoms with E-state index in [0.717, 1.165) is 22.0 Å². The molecule has 6 nitrogen and oxygen atoms in total. The number of rotatable bonds is 5. The minimum absolute atomic E-state index is 0.126. The number of anilines is 1. The summed E-state index contributed by atoms with van der Waals surface area (Å²) in [6.07, 6.45) is 0.532. The molecule has 0 bridgehead atoms. The Morgan fingerprint density at radius 2 is 1.91 bits per heavy atom. The Hall–Kier alpha value is -4.07. The van der Waals surface area contributed by atoms with Crippen molar-refractivity contribution in [3.63, 3.8) is 0 Å². The molecule has 1 atom stereocenters. The van der Waals surface area contributed by atoms with Gasteiger partial charge in [0.15, 0.2) is 5.43 Å². The number of nitrogens with one attached hydrogen (secondary N) is 1. The minimum atomic E-state index is -2.71. The van der Waals surface area contributed by atoms with E-state index in [9.17, 15) is 13.6 Å². The quantitative estimate of drug-likeness (QED) is 0.316. The van der Waals surface area contributed by atoms with E-state index in [2.05, 4.69) is 15.4 Å². The highest BCUT2D eigenvalue weighted by molar-refractivity contribution is 5.87. The fourth-order valence-corrected chi connectivity index (χ4v) is 4.48. The standard InChI is InChI=1S/C27H24F2N4O2/c1-14-10-19(16(3)31-22-6-5-9-30-23(22)27(28)29)26-20(11-14)24(34)15(2)25(35-26)17-7-8-21-18(12-17)13-33(4)32-21/h5-13,16,27,31H,1-4H3/t16-/m1/s1. The Kier molecular flexibility index (Phi) is 5.59. The van der Waals surface area contributed by atoms with Crippen LogP contribution in [-0.4, -0.2) is 14.8 Å². The molecular weight excluding hydrogens is 450 g/mol. The monoisotopic (exact) mass is 474 g/mol. The maximum absolute atomic E-state index is 13.5. The number of fused-ring (bicyclic) bond motifs is 2. The molecule has 1 N–H and O–H groups in total. The fraction of sp³-hybridized carbons (Fsp3) is 0.222. The molecule has 178 valence electrons. The number of pyridine rings is 1. The van der Waals surface area contributed by atoms with Crippen LogP contribution in [0.2, 0.25) is 0 Å². The molecule has 8 heteroatoms. The lowest BCUT2D eigenvalue weighted by molar-refractivity contribution is 0.147. The first-order valence-corrected chi connectivity index (χ1v) is 11.2. The second kappa shape index (κ2) is 8.61. The van der Waals surface area contributed by atoms with Crippen LogP contribution in [0.1, 0.15) is 41.8 Å². The molecule has 0 spiro atoms. The highest BCUT2D eigenvalue weighted by atomic mass is 19.3. The number of hydrogen-bond donors (Lipinski definition) is 1. The van der Waals surface area contributed by atoms with Gasteiger partial charge in [0.05, 0.1) is 22.6 Å². The smallest absolute Gasteiger partial charge is 0.282 e. The molecule has 0 fully saturated rings. The molecule has 0 aliphatic rings. The summed E-state index contributed by atoms with van der Waals surface area (Å²) in [5, 5.41) is 8.92. The van der Waals surface area contributed by atoms with E-state index in [-0.39, 0.29) is 16.8 Å². The number of benzene rings is 2. The third-order valence-corrected chi connectivity index (χ3v) is 6.16. The normalized spacial score (nSPS) is 12.5. The summed E-state index contributed by atoms with van der Waals surface area (Å²) in [4.78, 5) is 17.2. The summed E-state index contributed by atoms with van der Waals surface area (Å²) in [6, 6.07) is 12.2. The van der Waals surface area contributed by atoms with Crippen molar-refractivity contribution in [1.82, 2.24) is 14.8 Å². The van der Waals surface area contributed by atoms with Crippen LogP contribution in [-0.2, 0) is 7.05 Å². The Labute approximate surface area is 200 Å². The van der Waals surface area contributed by atoms with Crippen LogP contribution in [0.15, 0.2) is 64.1 Å². The van der Waals surface area contributed by atoms with Gasteiger partial charge in [-0.1, -0.05) is 6.07 Å². The molecule has 3 heterocycles. The van der Waals surface area contributed by atoms with Crippen molar-refractivity contribution in [2.45, 2.75) is 33.2 Å². The topological polar surface area (TPSA) is 73.0 Å². The molecular formula is C27H24F2N4O2. The predicted molar refractivity (Wildman–Crippen MR) is 133 cm³/mol. The van der Waals surface area contributed by atoms with Gasteiger partial charge in [-0.3, -0.25) is 14.5 Å². The third kappa shape index (κ3) is 4.05. The number of nitrogens with zero attached hydrogens (tertiary/aromatic N) is 3. The molecule has 0 unspecified atom stereocenters. The van der Waals surface area contributed by atoms with Gasteiger partial charge < -0.3 is 9.73 Å². The van der Waals surface area contributed by atoms with E-state index in [0.29, 0.717) is 27.9 Å². The summed E-state index contributed by atoms with van der Waals surface area (Å²) >= 11 is 0. The molecule has 2 aromatic carbocycles. The molecule has 0 radical (unpaired) electrons. The first kappa shape index (κ1) is 22.7. The van der Waals surface area contributed by atoms with Gasteiger partial charge in [-0.15, -0.1) is 0 Å². The van der Waals surface area contributed by atoms with Gasteiger partial charge in [0, 0.05) is 41.5 Å². The van der Waals surface area contributed by atoms with Gasteiger partial charge in [0.25, 0.3) is 6.43 Å². The number of alkyl halides is 2. The van der Waals surface area contributed by atoms with Crippen molar-refractivity contribution < 1.29 is 13.2 Å². The van der Waals surface area contributed by atoms with Crippen LogP contribution in [0.4, 0.5) is 14.5 Å². The second-order valence-electron chi connectivity index (χ2n) is 8.80. The number of aryl methyl sites for hydroxylation is 2. The lowest BCUT2D eigenvalue weighted by atomic mass is 9.98. The van der Waals surface area contributed by atoms with Crippen molar-refractivity contribution in [3.05, 3.63) is 87.5 Å². The van der Waals surface area contributed by atoms with Crippen LogP contribution in [0.5, 0.6) is 0 Å². The van der Waals surface area contributed by atoms with Crippen molar-refractivity contribution in [3.8, 4) is 11.3 Å². The molecule has 0 aliphatic heterocycles. The van der Waals surface area contributed by atoms with E-state index >= 15 is 0 Å². The summed E-state index contributed by atoms with van der Waals surface area (Å²) < 4.78 is 35.1. The van der Waals surface area contributed by atoms with Gasteiger partial charge >= 0.3 is 0 Å². The zero-order valence-electron chi connectivity index (χ0n) is 19.8. The van der Waals surface area contributed by atoms with E-state index in [1.54, 1.807) is 29.8 Å². The summed E-state index contributed by atoms with van der Waals surface area (Å²) in [7, 11) is 1.85. The second-order valence-corrected chi connectivity index (χ2v) is 8.80. The minimum Gasteiger partial charge on any atom is -0.455 e. The summed E-state index contributed by atoms with van der Waals surface area (Å²) in [6.45, 7) is 5.49. The van der Waals surface area contributed by atoms with Crippen LogP contribution in [0.3, 0.4) is 0 Å². The maximum Gasteiger partial charge on any atom is 0.282 e. The van der Waals surface area contributed by atoms with Crippen LogP contribution >= 0.6 is 0 Å². The van der Waals surface area contributed by atoms with Gasteiger partial charge in [0.1, 0.15) is 17.0 Å². The predicted octanol–water partition coefficient (Wildman–Crippen LogP) is 6.47. The number of hydrogen-bond acceptors (Lipinski definition) is 5. The molecule has 5 rings (SSSR count). The van der Waals surface area contributed by atoms with Crippen LogP contribution in [0.25, 0.3) is 33.2 Å². The maximum atomic E-state index is 13.5. The largest absolute Gasteiger partial charge is 0.455 e. The molecule has 0 aliphatic carbocycles. The highest BCUT2D eigenvalue weighted by Gasteiger charge is 2.21. The van der Waals surface area contributed by atoms with E-state index in [4.69, 9.17) is 4.42 Å². The fourth-order valence-electron chi connectivity index (χ4n) is 4.48. The zero-order valence-corrected chi connectivity index (χ0v) is 19.8. The molecule has 0 amide bonds. The Morgan fingerprint density at radius 3 is 2.69 bits per heavy atom. The molecule has 5 aromatic rings. The number of halogens is 2. The average Bonchev–Trinajstić information content (AvgIpc) is 3.20. The molecule has 0 saturated heterocycles. The van der Waals surface area contributed by atoms with Crippen molar-refractivity contribution >= 4 is 27.6 Å². The summed E-state index contributed by atoms with van der Waals surface area (Å²) in [5.41, 5.74) is 3.90. The van der Waals surface area contributed by atoms with Gasteiger partial charge in [-0.2, -0.15) is 5.10 Å². The molecule has 3 aromatic heterocycles. The highest BCUT2D eigenvalue weighted by Crippen LogP contribution is 2.34. The van der Waals surface area contributed by atoms with Crippen molar-refractivity contribution in [1.29, 1.82) is 0 Å². The van der Waals surface area contributed by atoms with Crippen LogP contribution in [0, 0.1) is 13.8 Å². The Morgan fingerprint density at radius 1 is 1.11 bits per heavy atom. The lowest BCUT2D eigenvalue weighted by Gasteiger charge is -2.20. The third-order valence-electron chi connectivity index (χ3n) is 6.16. The Balaban J connectivity index is 1.67. The molecule has 0 saturated carbocycles. The zero-order chi connectivity index (χ0) is 24.9. The Bertz CT molecular complexity index is 1640. The van der Waals surface area contributed by atoms with E-state index in [1.165, 1.54) is 6.20 Å². The lowest BCUT2D eigenvalue weighted by Crippen LogP contribution is -2.13. The van der Waals surface area contributed by atoms with Crippen LogP contribution < -0.4 is 10.7 Å². The van der Waals surface area contributed by atoms with Crippen molar-refractivity contribution in [2.75, 3.05) is 5.32 Å². The first-order valence-electron chi connectivity index (χ1n) is 11.2. The van der Waals surface area contributed by atoms with E-state index < -0.39 is 12.5 Å². The van der Waals surface area contributed by atoms with Gasteiger partial charge in [-0.25, -0.2) is 8.78 Å². The SMILES string of the molecule is Cc1cc([C@@H](C)Nc2cccnc2C(F)F)c2oc(-c3ccc4nn(C)cc4c3)c(C)c(=O)c2c1. The van der Waals surface area contributed by atoms with Gasteiger partial charge in [0.2, 0.25) is 0 Å². The summed E-state index contributed by atoms with van der Waals surface area (Å²) in [5.74, 6) is 0.472. The van der Waals surface area contributed by atoms with E-state index in [1.807, 2.05) is 51.4 Å². The van der Waals surface area contributed by atoms with Gasteiger partial charge in [-0.05, 0) is 62.7 Å². The average molecular weight is 475 g/mol. The molecule has 35 heavy (non-hydrogen) atoms.